The number of rotatable bonds is 7. The van der Waals surface area contributed by atoms with E-state index in [2.05, 4.69) is 28.7 Å². The summed E-state index contributed by atoms with van der Waals surface area (Å²) in [4.78, 5) is 12.7. The Kier molecular flexibility index (Phi) is 6.89. The minimum Gasteiger partial charge on any atom is -0.493 e. The molecule has 6 heteroatoms. The number of hydrogen-bond acceptors (Lipinski definition) is 5. The second-order valence-electron chi connectivity index (χ2n) is 6.58. The number of ether oxygens (including phenoxy) is 3. The number of allylic oxidation sites excluding steroid dienone is 1. The van der Waals surface area contributed by atoms with E-state index in [9.17, 15) is 4.79 Å². The summed E-state index contributed by atoms with van der Waals surface area (Å²) in [7, 11) is 3.05. The fourth-order valence-electron chi connectivity index (χ4n) is 3.27. The molecule has 6 nitrogen and oxygen atoms in total. The van der Waals surface area contributed by atoms with Crippen molar-refractivity contribution in [2.45, 2.75) is 26.2 Å². The Morgan fingerprint density at radius 2 is 1.79 bits per heavy atom. The Labute approximate surface area is 171 Å². The third-order valence-electron chi connectivity index (χ3n) is 4.67. The zero-order valence-electron chi connectivity index (χ0n) is 17.0. The molecule has 0 spiro atoms. The first-order chi connectivity index (χ1) is 14.2. The second-order valence-corrected chi connectivity index (χ2v) is 6.58. The molecule has 2 aromatic carbocycles. The molecule has 1 aliphatic carbocycles. The molecule has 0 atom stereocenters. The molecule has 0 saturated heterocycles. The first-order valence-corrected chi connectivity index (χ1v) is 9.68. The van der Waals surface area contributed by atoms with Gasteiger partial charge in [0.05, 0.1) is 26.5 Å². The summed E-state index contributed by atoms with van der Waals surface area (Å²) in [5.74, 6) is 1.02. The fraction of sp³-hybridized carbons (Fsp3) is 0.304. The van der Waals surface area contributed by atoms with Crippen LogP contribution in [0.1, 0.15) is 42.1 Å². The van der Waals surface area contributed by atoms with Crippen LogP contribution in [0.15, 0.2) is 53.1 Å². The summed E-state index contributed by atoms with van der Waals surface area (Å²) in [6.07, 6.45) is 4.95. The number of hydrogen-bond donors (Lipinski definition) is 1. The molecule has 0 bridgehead atoms. The first-order valence-electron chi connectivity index (χ1n) is 9.68. The highest BCUT2D eigenvalue weighted by Gasteiger charge is 2.19. The van der Waals surface area contributed by atoms with Gasteiger partial charge < -0.3 is 14.2 Å². The maximum Gasteiger partial charge on any atom is 0.271 e. The van der Waals surface area contributed by atoms with E-state index in [-0.39, 0.29) is 5.91 Å². The van der Waals surface area contributed by atoms with Gasteiger partial charge in [0.1, 0.15) is 0 Å². The van der Waals surface area contributed by atoms with Crippen molar-refractivity contribution in [1.82, 2.24) is 5.43 Å². The molecular formula is C23H26N2O4. The molecule has 0 unspecified atom stereocenters. The molecule has 0 aromatic heterocycles. The molecule has 29 heavy (non-hydrogen) atoms. The molecule has 0 heterocycles. The summed E-state index contributed by atoms with van der Waals surface area (Å²) in [5, 5.41) is 4.38. The molecular weight excluding hydrogens is 368 g/mol. The molecule has 3 rings (SSSR count). The Balaban J connectivity index is 1.80. The maximum absolute atomic E-state index is 12.7. The number of carbonyl (C=O) groups excluding carboxylic acids is 1. The Bertz CT molecular complexity index is 895. The molecule has 1 N–H and O–H groups in total. The average molecular weight is 394 g/mol. The van der Waals surface area contributed by atoms with Crippen molar-refractivity contribution >= 4 is 17.7 Å². The van der Waals surface area contributed by atoms with Gasteiger partial charge in [-0.3, -0.25) is 4.79 Å². The minimum absolute atomic E-state index is 0.330. The topological polar surface area (TPSA) is 69.2 Å². The Hall–Kier alpha value is -3.28. The van der Waals surface area contributed by atoms with Crippen LogP contribution in [0.2, 0.25) is 0 Å². The van der Waals surface area contributed by atoms with Crippen LogP contribution in [-0.2, 0) is 0 Å². The van der Waals surface area contributed by atoms with E-state index in [1.165, 1.54) is 14.2 Å². The van der Waals surface area contributed by atoms with Crippen molar-refractivity contribution in [3.05, 3.63) is 59.2 Å². The minimum atomic E-state index is -0.330. The lowest BCUT2D eigenvalue weighted by Crippen LogP contribution is -2.19. The lowest BCUT2D eigenvalue weighted by molar-refractivity contribution is 0.0954. The van der Waals surface area contributed by atoms with Crippen molar-refractivity contribution in [3.63, 3.8) is 0 Å². The van der Waals surface area contributed by atoms with Crippen LogP contribution < -0.4 is 19.6 Å². The largest absolute Gasteiger partial charge is 0.493 e. The van der Waals surface area contributed by atoms with Gasteiger partial charge in [-0.05, 0) is 55.5 Å². The molecule has 152 valence electrons. The molecule has 1 amide bonds. The zero-order chi connectivity index (χ0) is 20.6. The van der Waals surface area contributed by atoms with Crippen LogP contribution in [0.3, 0.4) is 0 Å². The predicted molar refractivity (Wildman–Crippen MR) is 114 cm³/mol. The van der Waals surface area contributed by atoms with E-state index >= 15 is 0 Å². The van der Waals surface area contributed by atoms with Gasteiger partial charge in [0, 0.05) is 5.56 Å². The summed E-state index contributed by atoms with van der Waals surface area (Å²) in [5.41, 5.74) is 6.24. The molecule has 1 aliphatic rings. The number of nitrogens with one attached hydrogen (secondary N) is 1. The normalized spacial score (nSPS) is 16.1. The summed E-state index contributed by atoms with van der Waals surface area (Å²) in [6, 6.07) is 13.4. The standard InChI is InChI=1S/C23H26N2O4/c1-4-29-22-20(27-2)14-18(15-21(22)28-3)23(26)25-24-19-12-8-11-17(19)13-16-9-6-5-7-10-16/h5-7,9-10,13-15H,4,8,11-12H2,1-3H3,(H,25,26). The van der Waals surface area contributed by atoms with Crippen LogP contribution in [0.5, 0.6) is 17.2 Å². The fourth-order valence-corrected chi connectivity index (χ4v) is 3.27. The quantitative estimate of drug-likeness (QED) is 0.704. The summed E-state index contributed by atoms with van der Waals surface area (Å²) < 4.78 is 16.3. The molecule has 0 aliphatic heterocycles. The van der Waals surface area contributed by atoms with Gasteiger partial charge in [0.2, 0.25) is 5.75 Å². The van der Waals surface area contributed by atoms with Gasteiger partial charge in [-0.25, -0.2) is 5.43 Å². The van der Waals surface area contributed by atoms with Crippen LogP contribution >= 0.6 is 0 Å². The van der Waals surface area contributed by atoms with Gasteiger partial charge in [-0.15, -0.1) is 0 Å². The van der Waals surface area contributed by atoms with E-state index in [4.69, 9.17) is 14.2 Å². The van der Waals surface area contributed by atoms with Gasteiger partial charge >= 0.3 is 0 Å². The monoisotopic (exact) mass is 394 g/mol. The number of benzene rings is 2. The van der Waals surface area contributed by atoms with Gasteiger partial charge in [0.15, 0.2) is 11.5 Å². The van der Waals surface area contributed by atoms with Crippen molar-refractivity contribution in [2.24, 2.45) is 5.10 Å². The smallest absolute Gasteiger partial charge is 0.271 e. The van der Waals surface area contributed by atoms with Crippen LogP contribution in [-0.4, -0.2) is 32.4 Å². The highest BCUT2D eigenvalue weighted by Crippen LogP contribution is 2.38. The molecule has 2 aromatic rings. The van der Waals surface area contributed by atoms with E-state index in [1.54, 1.807) is 12.1 Å². The van der Waals surface area contributed by atoms with Crippen molar-refractivity contribution in [1.29, 1.82) is 0 Å². The van der Waals surface area contributed by atoms with Crippen LogP contribution in [0.4, 0.5) is 0 Å². The predicted octanol–water partition coefficient (Wildman–Crippen LogP) is 4.46. The first kappa shape index (κ1) is 20.5. The third-order valence-corrected chi connectivity index (χ3v) is 4.67. The number of amides is 1. The molecule has 1 fully saturated rings. The number of carbonyl (C=O) groups is 1. The third kappa shape index (κ3) is 4.96. The van der Waals surface area contributed by atoms with Gasteiger partial charge in [0.25, 0.3) is 5.91 Å². The van der Waals surface area contributed by atoms with Crippen molar-refractivity contribution < 1.29 is 19.0 Å². The number of nitrogens with zero attached hydrogens (tertiary/aromatic N) is 1. The Morgan fingerprint density at radius 1 is 1.10 bits per heavy atom. The lowest BCUT2D eigenvalue weighted by atomic mass is 10.1. The zero-order valence-corrected chi connectivity index (χ0v) is 17.0. The average Bonchev–Trinajstić information content (AvgIpc) is 3.19. The Morgan fingerprint density at radius 3 is 2.41 bits per heavy atom. The highest BCUT2D eigenvalue weighted by atomic mass is 16.5. The van der Waals surface area contributed by atoms with Gasteiger partial charge in [-0.2, -0.15) is 5.10 Å². The van der Waals surface area contributed by atoms with Gasteiger partial charge in [-0.1, -0.05) is 30.3 Å². The number of hydrazone groups is 1. The molecule has 0 radical (unpaired) electrons. The summed E-state index contributed by atoms with van der Waals surface area (Å²) >= 11 is 0. The maximum atomic E-state index is 12.7. The van der Waals surface area contributed by atoms with Crippen molar-refractivity contribution in [3.8, 4) is 17.2 Å². The SMILES string of the molecule is CCOc1c(OC)cc(C(=O)NN=C2CCCC2=Cc2ccccc2)cc1OC. The van der Waals surface area contributed by atoms with Crippen LogP contribution in [0, 0.1) is 0 Å². The second kappa shape index (κ2) is 9.78. The van der Waals surface area contributed by atoms with Crippen LogP contribution in [0.25, 0.3) is 6.08 Å². The van der Waals surface area contributed by atoms with E-state index in [0.717, 1.165) is 36.1 Å². The number of methoxy groups -OCH3 is 2. The highest BCUT2D eigenvalue weighted by molar-refractivity contribution is 6.06. The summed E-state index contributed by atoms with van der Waals surface area (Å²) in [6.45, 7) is 2.33. The van der Waals surface area contributed by atoms with E-state index in [0.29, 0.717) is 29.4 Å². The molecule has 1 saturated carbocycles. The van der Waals surface area contributed by atoms with E-state index < -0.39 is 0 Å². The lowest BCUT2D eigenvalue weighted by Gasteiger charge is -2.14. The van der Waals surface area contributed by atoms with Crippen molar-refractivity contribution in [2.75, 3.05) is 20.8 Å². The van der Waals surface area contributed by atoms with E-state index in [1.807, 2.05) is 25.1 Å².